The van der Waals surface area contributed by atoms with Crippen LogP contribution in [0.1, 0.15) is 51.0 Å². The molecule has 1 saturated carbocycles. The maximum absolute atomic E-state index is 12.2. The average Bonchev–Trinajstić information content (AvgIpc) is 3.16. The molecule has 26 heavy (non-hydrogen) atoms. The van der Waals surface area contributed by atoms with Crippen LogP contribution < -0.4 is 10.6 Å². The van der Waals surface area contributed by atoms with Gasteiger partial charge in [-0.3, -0.25) is 9.79 Å². The van der Waals surface area contributed by atoms with E-state index in [-0.39, 0.29) is 11.3 Å². The number of benzene rings is 1. The molecule has 1 aliphatic heterocycles. The van der Waals surface area contributed by atoms with Crippen molar-refractivity contribution >= 4 is 11.9 Å². The minimum absolute atomic E-state index is 0.189. The largest absolute Gasteiger partial charge is 0.357 e. The molecular formula is C21H32N4O. The number of likely N-dealkylation sites (tertiary alicyclic amines) is 1. The Bertz CT molecular complexity index is 604. The van der Waals surface area contributed by atoms with E-state index in [0.717, 1.165) is 45.0 Å². The highest BCUT2D eigenvalue weighted by Gasteiger charge is 2.38. The van der Waals surface area contributed by atoms with Crippen LogP contribution in [-0.2, 0) is 10.2 Å². The van der Waals surface area contributed by atoms with Crippen LogP contribution in [0, 0.1) is 0 Å². The van der Waals surface area contributed by atoms with E-state index in [9.17, 15) is 4.79 Å². The highest BCUT2D eigenvalue weighted by molar-refractivity contribution is 5.81. The van der Waals surface area contributed by atoms with Crippen molar-refractivity contribution in [2.45, 2.75) is 50.9 Å². The van der Waals surface area contributed by atoms with E-state index in [1.807, 2.05) is 4.90 Å². The molecule has 1 aliphatic carbocycles. The number of aliphatic imine (C=N–C) groups is 1. The molecule has 0 bridgehead atoms. The molecule has 0 aromatic heterocycles. The minimum atomic E-state index is 0.189. The summed E-state index contributed by atoms with van der Waals surface area (Å²) < 4.78 is 0. The fourth-order valence-corrected chi connectivity index (χ4v) is 3.92. The van der Waals surface area contributed by atoms with E-state index in [1.54, 1.807) is 0 Å². The topological polar surface area (TPSA) is 56.7 Å². The van der Waals surface area contributed by atoms with Crippen molar-refractivity contribution in [3.63, 3.8) is 0 Å². The normalized spacial score (nSPS) is 19.1. The van der Waals surface area contributed by atoms with Gasteiger partial charge in [0.1, 0.15) is 0 Å². The van der Waals surface area contributed by atoms with Crippen LogP contribution in [0.15, 0.2) is 35.3 Å². The molecular weight excluding hydrogens is 324 g/mol. The standard InChI is InChI=1S/C21H32N4O/c1-2-22-20(23-14-11-19(26)25-15-6-7-16-25)24-17-21(12-8-13-21)18-9-4-3-5-10-18/h3-5,9-10H,2,6-8,11-17H2,1H3,(H2,22,23,24). The second kappa shape index (κ2) is 9.06. The lowest BCUT2D eigenvalue weighted by Gasteiger charge is -2.41. The Labute approximate surface area is 157 Å². The van der Waals surface area contributed by atoms with Gasteiger partial charge in [0.2, 0.25) is 5.91 Å². The van der Waals surface area contributed by atoms with Crippen molar-refractivity contribution in [1.82, 2.24) is 15.5 Å². The van der Waals surface area contributed by atoms with Gasteiger partial charge in [0.25, 0.3) is 0 Å². The number of hydrogen-bond donors (Lipinski definition) is 2. The van der Waals surface area contributed by atoms with Crippen LogP contribution in [0.3, 0.4) is 0 Å². The summed E-state index contributed by atoms with van der Waals surface area (Å²) >= 11 is 0. The number of rotatable bonds is 7. The summed E-state index contributed by atoms with van der Waals surface area (Å²) in [5, 5.41) is 6.65. The first kappa shape index (κ1) is 18.7. The maximum atomic E-state index is 12.2. The summed E-state index contributed by atoms with van der Waals surface area (Å²) in [6.07, 6.45) is 6.50. The summed E-state index contributed by atoms with van der Waals surface area (Å²) in [7, 11) is 0. The minimum Gasteiger partial charge on any atom is -0.357 e. The van der Waals surface area contributed by atoms with Crippen molar-refractivity contribution in [3.8, 4) is 0 Å². The number of hydrogen-bond acceptors (Lipinski definition) is 2. The third-order valence-electron chi connectivity index (χ3n) is 5.67. The van der Waals surface area contributed by atoms with Crippen LogP contribution in [-0.4, -0.2) is 49.5 Å². The SMILES string of the molecule is CCNC(=NCC1(c2ccccc2)CCC1)NCCC(=O)N1CCCC1. The van der Waals surface area contributed by atoms with Crippen molar-refractivity contribution in [2.75, 3.05) is 32.7 Å². The van der Waals surface area contributed by atoms with Gasteiger partial charge in [0.05, 0.1) is 6.54 Å². The Hall–Kier alpha value is -2.04. The van der Waals surface area contributed by atoms with Gasteiger partial charge in [0.15, 0.2) is 5.96 Å². The molecule has 0 atom stereocenters. The Morgan fingerprint density at radius 3 is 2.46 bits per heavy atom. The lowest BCUT2D eigenvalue weighted by Crippen LogP contribution is -2.42. The first-order valence-corrected chi connectivity index (χ1v) is 10.1. The molecule has 2 aliphatic rings. The first-order chi connectivity index (χ1) is 12.7. The van der Waals surface area contributed by atoms with Gasteiger partial charge < -0.3 is 15.5 Å². The highest BCUT2D eigenvalue weighted by atomic mass is 16.2. The predicted octanol–water partition coefficient (Wildman–Crippen LogP) is 2.68. The molecule has 2 fully saturated rings. The summed E-state index contributed by atoms with van der Waals surface area (Å²) in [5.41, 5.74) is 1.59. The summed E-state index contributed by atoms with van der Waals surface area (Å²) in [5.74, 6) is 1.08. The van der Waals surface area contributed by atoms with Crippen LogP contribution in [0.2, 0.25) is 0 Å². The predicted molar refractivity (Wildman–Crippen MR) is 106 cm³/mol. The number of carbonyl (C=O) groups is 1. The van der Waals surface area contributed by atoms with Crippen molar-refractivity contribution in [1.29, 1.82) is 0 Å². The fraction of sp³-hybridized carbons (Fsp3) is 0.619. The molecule has 1 saturated heterocycles. The molecule has 1 amide bonds. The van der Waals surface area contributed by atoms with Gasteiger partial charge in [-0.25, -0.2) is 0 Å². The smallest absolute Gasteiger partial charge is 0.224 e. The molecule has 5 heteroatoms. The lowest BCUT2D eigenvalue weighted by atomic mass is 9.64. The van der Waals surface area contributed by atoms with Crippen LogP contribution in [0.5, 0.6) is 0 Å². The van der Waals surface area contributed by atoms with Crippen LogP contribution in [0.25, 0.3) is 0 Å². The van der Waals surface area contributed by atoms with E-state index in [2.05, 4.69) is 47.9 Å². The molecule has 0 spiro atoms. The van der Waals surface area contributed by atoms with Gasteiger partial charge in [-0.05, 0) is 38.2 Å². The number of carbonyl (C=O) groups excluding carboxylic acids is 1. The zero-order valence-electron chi connectivity index (χ0n) is 16.0. The van der Waals surface area contributed by atoms with Crippen molar-refractivity contribution < 1.29 is 4.79 Å². The number of amides is 1. The van der Waals surface area contributed by atoms with Crippen molar-refractivity contribution in [3.05, 3.63) is 35.9 Å². The zero-order valence-corrected chi connectivity index (χ0v) is 16.0. The van der Waals surface area contributed by atoms with Crippen LogP contribution >= 0.6 is 0 Å². The maximum Gasteiger partial charge on any atom is 0.224 e. The Balaban J connectivity index is 1.54. The van der Waals surface area contributed by atoms with E-state index >= 15 is 0 Å². The second-order valence-corrected chi connectivity index (χ2v) is 7.46. The molecule has 142 valence electrons. The Kier molecular flexibility index (Phi) is 6.53. The highest BCUT2D eigenvalue weighted by Crippen LogP contribution is 2.43. The first-order valence-electron chi connectivity index (χ1n) is 10.1. The zero-order chi connectivity index (χ0) is 18.2. The summed E-state index contributed by atoms with van der Waals surface area (Å²) in [4.78, 5) is 19.0. The molecule has 2 N–H and O–H groups in total. The van der Waals surface area contributed by atoms with Crippen molar-refractivity contribution in [2.24, 2.45) is 4.99 Å². The average molecular weight is 357 g/mol. The Morgan fingerprint density at radius 1 is 1.12 bits per heavy atom. The lowest BCUT2D eigenvalue weighted by molar-refractivity contribution is -0.129. The summed E-state index contributed by atoms with van der Waals surface area (Å²) in [6, 6.07) is 10.8. The molecule has 1 heterocycles. The third kappa shape index (κ3) is 4.57. The van der Waals surface area contributed by atoms with Gasteiger partial charge in [-0.1, -0.05) is 36.8 Å². The van der Waals surface area contributed by atoms with Gasteiger partial charge >= 0.3 is 0 Å². The molecule has 0 radical (unpaired) electrons. The van der Waals surface area contributed by atoms with E-state index in [4.69, 9.17) is 4.99 Å². The number of guanidine groups is 1. The molecule has 1 aromatic carbocycles. The number of nitrogens with zero attached hydrogens (tertiary/aromatic N) is 2. The quantitative estimate of drug-likeness (QED) is 0.583. The van der Waals surface area contributed by atoms with Gasteiger partial charge in [0, 0.05) is 38.0 Å². The van der Waals surface area contributed by atoms with Crippen LogP contribution in [0.4, 0.5) is 0 Å². The van der Waals surface area contributed by atoms with Gasteiger partial charge in [-0.2, -0.15) is 0 Å². The summed E-state index contributed by atoms with van der Waals surface area (Å²) in [6.45, 7) is 6.18. The second-order valence-electron chi connectivity index (χ2n) is 7.46. The molecule has 3 rings (SSSR count). The molecule has 1 aromatic rings. The van der Waals surface area contributed by atoms with E-state index in [0.29, 0.717) is 13.0 Å². The van der Waals surface area contributed by atoms with Gasteiger partial charge in [-0.15, -0.1) is 0 Å². The van der Waals surface area contributed by atoms with E-state index < -0.39 is 0 Å². The number of nitrogens with one attached hydrogen (secondary N) is 2. The fourth-order valence-electron chi connectivity index (χ4n) is 3.92. The van der Waals surface area contributed by atoms with E-state index in [1.165, 1.54) is 24.8 Å². The Morgan fingerprint density at radius 2 is 1.85 bits per heavy atom. The molecule has 5 nitrogen and oxygen atoms in total. The monoisotopic (exact) mass is 356 g/mol. The third-order valence-corrected chi connectivity index (χ3v) is 5.67. The molecule has 0 unspecified atom stereocenters.